The molecule has 0 radical (unpaired) electrons. The van der Waals surface area contributed by atoms with E-state index >= 15 is 0 Å². The minimum atomic E-state index is 0. The van der Waals surface area contributed by atoms with E-state index in [-0.39, 0.29) is 36.6 Å². The maximum Gasteiger partial charge on any atom is 0.227 e. The Hall–Kier alpha value is -0.810. The molecule has 2 atom stereocenters. The van der Waals surface area contributed by atoms with E-state index in [1.54, 1.807) is 0 Å². The van der Waals surface area contributed by atoms with Crippen LogP contribution in [0.15, 0.2) is 24.3 Å². The van der Waals surface area contributed by atoms with Crippen LogP contribution >= 0.6 is 24.8 Å². The summed E-state index contributed by atoms with van der Waals surface area (Å²) in [6.07, 6.45) is 5.66. The molecule has 4 nitrogen and oxygen atoms in total. The van der Waals surface area contributed by atoms with Gasteiger partial charge in [-0.1, -0.05) is 12.1 Å². The highest BCUT2D eigenvalue weighted by Crippen LogP contribution is 2.19. The van der Waals surface area contributed by atoms with Crippen molar-refractivity contribution < 1.29 is 4.79 Å². The number of hydrogen-bond donors (Lipinski definition) is 2. The predicted octanol–water partition coefficient (Wildman–Crippen LogP) is 3.50. The van der Waals surface area contributed by atoms with E-state index in [4.69, 9.17) is 0 Å². The Labute approximate surface area is 163 Å². The molecule has 0 bridgehead atoms. The number of hydrogen-bond acceptors (Lipinski definition) is 3. The summed E-state index contributed by atoms with van der Waals surface area (Å²) in [6, 6.07) is 8.82. The summed E-state index contributed by atoms with van der Waals surface area (Å²) in [5, 5.41) is 6.47. The topological polar surface area (TPSA) is 44.4 Å². The molecule has 2 N–H and O–H groups in total. The molecule has 2 aliphatic rings. The molecular weight excluding hydrogens is 357 g/mol. The number of carbonyl (C=O) groups excluding carboxylic acids is 1. The van der Waals surface area contributed by atoms with Crippen LogP contribution in [0.3, 0.4) is 0 Å². The molecule has 2 fully saturated rings. The fourth-order valence-corrected chi connectivity index (χ4v) is 3.66. The Bertz CT molecular complexity index is 518. The van der Waals surface area contributed by atoms with Gasteiger partial charge < -0.3 is 15.5 Å². The highest BCUT2D eigenvalue weighted by atomic mass is 35.5. The molecule has 2 aliphatic heterocycles. The first-order chi connectivity index (χ1) is 11.2. The fraction of sp³-hybridized carbons (Fsp3) is 0.632. The summed E-state index contributed by atoms with van der Waals surface area (Å²) < 4.78 is 0. The van der Waals surface area contributed by atoms with Crippen LogP contribution in [-0.2, 0) is 11.2 Å². The summed E-state index contributed by atoms with van der Waals surface area (Å²) in [6.45, 7) is 6.74. The molecule has 1 aromatic rings. The van der Waals surface area contributed by atoms with Crippen molar-refractivity contribution in [2.75, 3.05) is 31.5 Å². The van der Waals surface area contributed by atoms with Crippen LogP contribution in [0.1, 0.15) is 38.2 Å². The van der Waals surface area contributed by atoms with E-state index in [9.17, 15) is 4.79 Å². The van der Waals surface area contributed by atoms with Crippen molar-refractivity contribution in [3.63, 3.8) is 0 Å². The average molecular weight is 388 g/mol. The van der Waals surface area contributed by atoms with Crippen LogP contribution in [0.5, 0.6) is 0 Å². The number of rotatable bonds is 5. The van der Waals surface area contributed by atoms with Crippen LogP contribution in [-0.4, -0.2) is 43.0 Å². The Morgan fingerprint density at radius 1 is 1.20 bits per heavy atom. The van der Waals surface area contributed by atoms with Crippen LogP contribution < -0.4 is 10.6 Å². The lowest BCUT2D eigenvalue weighted by Crippen LogP contribution is -2.40. The maximum atomic E-state index is 12.4. The maximum absolute atomic E-state index is 12.4. The van der Waals surface area contributed by atoms with Gasteiger partial charge in [0.2, 0.25) is 5.91 Å². The van der Waals surface area contributed by atoms with E-state index in [2.05, 4.69) is 34.6 Å². The lowest BCUT2D eigenvalue weighted by Gasteiger charge is -2.27. The first-order valence-electron chi connectivity index (χ1n) is 9.06. The van der Waals surface area contributed by atoms with Gasteiger partial charge in [-0.05, 0) is 76.4 Å². The molecule has 6 heteroatoms. The van der Waals surface area contributed by atoms with Crippen LogP contribution in [0.2, 0.25) is 0 Å². The summed E-state index contributed by atoms with van der Waals surface area (Å²) in [5.74, 6) is 0.309. The third-order valence-corrected chi connectivity index (χ3v) is 5.13. The minimum Gasteiger partial charge on any atom is -0.326 e. The number of amides is 1. The Balaban J connectivity index is 0.00000156. The standard InChI is InChI=1S/C19H29N3O.2ClH/c1-15-14-17(8-10-20-15)19(23)21-18-6-4-16(5-7-18)9-13-22-11-2-3-12-22;;/h4-7,15,17,20H,2-3,8-14H2,1H3,(H,21,23);2*1H/t15-,17-;;/m0../s1. The molecule has 3 rings (SSSR count). The highest BCUT2D eigenvalue weighted by molar-refractivity contribution is 5.92. The van der Waals surface area contributed by atoms with Gasteiger partial charge >= 0.3 is 0 Å². The quantitative estimate of drug-likeness (QED) is 0.812. The van der Waals surface area contributed by atoms with Crippen molar-refractivity contribution in [1.29, 1.82) is 0 Å². The summed E-state index contributed by atoms with van der Waals surface area (Å²) in [7, 11) is 0. The number of carbonyl (C=O) groups is 1. The zero-order valence-electron chi connectivity index (χ0n) is 15.0. The molecule has 0 saturated carbocycles. The van der Waals surface area contributed by atoms with Gasteiger partial charge in [0, 0.05) is 24.2 Å². The third kappa shape index (κ3) is 6.78. The number of nitrogens with zero attached hydrogens (tertiary/aromatic N) is 1. The van der Waals surface area contributed by atoms with Gasteiger partial charge in [0.25, 0.3) is 0 Å². The second kappa shape index (κ2) is 11.0. The molecular formula is C19H31Cl2N3O. The number of anilines is 1. The van der Waals surface area contributed by atoms with Crippen molar-refractivity contribution in [3.05, 3.63) is 29.8 Å². The molecule has 0 aliphatic carbocycles. The van der Waals surface area contributed by atoms with Crippen molar-refractivity contribution in [1.82, 2.24) is 10.2 Å². The van der Waals surface area contributed by atoms with Crippen LogP contribution in [0.4, 0.5) is 5.69 Å². The highest BCUT2D eigenvalue weighted by Gasteiger charge is 2.24. The van der Waals surface area contributed by atoms with Gasteiger partial charge in [0.1, 0.15) is 0 Å². The van der Waals surface area contributed by atoms with Crippen LogP contribution in [0.25, 0.3) is 0 Å². The minimum absolute atomic E-state index is 0. The molecule has 1 aromatic carbocycles. The number of nitrogens with one attached hydrogen (secondary N) is 2. The number of halogens is 2. The lowest BCUT2D eigenvalue weighted by atomic mass is 9.92. The molecule has 0 unspecified atom stereocenters. The lowest BCUT2D eigenvalue weighted by molar-refractivity contribution is -0.120. The number of likely N-dealkylation sites (tertiary alicyclic amines) is 1. The third-order valence-electron chi connectivity index (χ3n) is 5.13. The monoisotopic (exact) mass is 387 g/mol. The summed E-state index contributed by atoms with van der Waals surface area (Å²) >= 11 is 0. The zero-order valence-corrected chi connectivity index (χ0v) is 16.6. The fourth-order valence-electron chi connectivity index (χ4n) is 3.66. The average Bonchev–Trinajstić information content (AvgIpc) is 3.08. The SMILES string of the molecule is C[C@H]1C[C@@H](C(=O)Nc2ccc(CCN3CCCC3)cc2)CCN1.Cl.Cl. The van der Waals surface area contributed by atoms with Crippen LogP contribution in [0, 0.1) is 5.92 Å². The Kier molecular flexibility index (Phi) is 9.80. The Morgan fingerprint density at radius 3 is 2.52 bits per heavy atom. The smallest absolute Gasteiger partial charge is 0.227 e. The van der Waals surface area contributed by atoms with E-state index in [0.29, 0.717) is 6.04 Å². The van der Waals surface area contributed by atoms with Crippen molar-refractivity contribution in [3.8, 4) is 0 Å². The zero-order chi connectivity index (χ0) is 16.1. The van der Waals surface area contributed by atoms with Gasteiger partial charge in [-0.15, -0.1) is 24.8 Å². The molecule has 142 valence electrons. The normalized spacial score (nSPS) is 23.4. The molecule has 0 spiro atoms. The van der Waals surface area contributed by atoms with E-state index < -0.39 is 0 Å². The second-order valence-corrected chi connectivity index (χ2v) is 7.06. The molecule has 2 heterocycles. The number of benzene rings is 1. The molecule has 1 amide bonds. The van der Waals surface area contributed by atoms with Gasteiger partial charge in [0.15, 0.2) is 0 Å². The van der Waals surface area contributed by atoms with E-state index in [0.717, 1.165) is 38.0 Å². The van der Waals surface area contributed by atoms with Crippen molar-refractivity contribution in [2.24, 2.45) is 5.92 Å². The van der Waals surface area contributed by atoms with Gasteiger partial charge in [-0.3, -0.25) is 4.79 Å². The predicted molar refractivity (Wildman–Crippen MR) is 109 cm³/mol. The van der Waals surface area contributed by atoms with Crippen molar-refractivity contribution in [2.45, 2.75) is 45.1 Å². The van der Waals surface area contributed by atoms with Crippen molar-refractivity contribution >= 4 is 36.4 Å². The first kappa shape index (κ1) is 22.2. The van der Waals surface area contributed by atoms with Gasteiger partial charge in [-0.25, -0.2) is 0 Å². The molecule has 25 heavy (non-hydrogen) atoms. The second-order valence-electron chi connectivity index (χ2n) is 7.06. The van der Waals surface area contributed by atoms with Gasteiger partial charge in [-0.2, -0.15) is 0 Å². The Morgan fingerprint density at radius 2 is 1.88 bits per heavy atom. The van der Waals surface area contributed by atoms with E-state index in [1.165, 1.54) is 31.5 Å². The first-order valence-corrected chi connectivity index (χ1v) is 9.06. The largest absolute Gasteiger partial charge is 0.326 e. The van der Waals surface area contributed by atoms with Gasteiger partial charge in [0.05, 0.1) is 0 Å². The van der Waals surface area contributed by atoms with E-state index in [1.807, 2.05) is 12.1 Å². The molecule has 0 aromatic heterocycles. The number of piperidine rings is 1. The summed E-state index contributed by atoms with van der Waals surface area (Å²) in [4.78, 5) is 14.9. The summed E-state index contributed by atoms with van der Waals surface area (Å²) in [5.41, 5.74) is 2.27. The molecule has 2 saturated heterocycles.